The summed E-state index contributed by atoms with van der Waals surface area (Å²) in [6, 6.07) is 19.7. The number of aryl methyl sites for hydroxylation is 1. The Bertz CT molecular complexity index is 1550. The highest BCUT2D eigenvalue weighted by Gasteiger charge is 2.24. The first-order chi connectivity index (χ1) is 20.1. The molecule has 222 valence electrons. The van der Waals surface area contributed by atoms with Crippen LogP contribution < -0.4 is 10.6 Å². The third-order valence-electron chi connectivity index (χ3n) is 6.98. The first-order valence-corrected chi connectivity index (χ1v) is 14.3. The van der Waals surface area contributed by atoms with Crippen LogP contribution in [0.1, 0.15) is 58.2 Å². The van der Waals surface area contributed by atoms with Crippen LogP contribution in [0.4, 0.5) is 10.5 Å². The van der Waals surface area contributed by atoms with Gasteiger partial charge in [0.1, 0.15) is 11.3 Å². The fraction of sp³-hybridized carbons (Fsp3) is 0.333. The lowest BCUT2D eigenvalue weighted by molar-refractivity contribution is 0.0470. The summed E-state index contributed by atoms with van der Waals surface area (Å²) >= 11 is 0. The van der Waals surface area contributed by atoms with Gasteiger partial charge in [0.15, 0.2) is 0 Å². The third kappa shape index (κ3) is 7.82. The minimum Gasteiger partial charge on any atom is -0.444 e. The molecule has 1 saturated heterocycles. The molecule has 2 amide bonds. The van der Waals surface area contributed by atoms with E-state index >= 15 is 0 Å². The molecule has 4 aromatic rings. The van der Waals surface area contributed by atoms with Crippen molar-refractivity contribution in [1.29, 1.82) is 0 Å². The third-order valence-corrected chi connectivity index (χ3v) is 6.98. The monoisotopic (exact) mass is 570 g/mol. The summed E-state index contributed by atoms with van der Waals surface area (Å²) in [4.78, 5) is 36.7. The van der Waals surface area contributed by atoms with Gasteiger partial charge in [-0.25, -0.2) is 9.78 Å². The number of ether oxygens (including phenoxy) is 1. The summed E-state index contributed by atoms with van der Waals surface area (Å²) in [5, 5.41) is 6.08. The Morgan fingerprint density at radius 1 is 1.05 bits per heavy atom. The maximum atomic E-state index is 13.3. The number of likely N-dealkylation sites (tertiary alicyclic amines) is 1. The van der Waals surface area contributed by atoms with E-state index in [0.29, 0.717) is 24.5 Å². The molecule has 0 unspecified atom stereocenters. The molecule has 9 nitrogen and oxygen atoms in total. The van der Waals surface area contributed by atoms with Gasteiger partial charge < -0.3 is 19.9 Å². The number of nitrogens with zero attached hydrogens (tertiary/aromatic N) is 4. The van der Waals surface area contributed by atoms with Crippen LogP contribution in [-0.2, 0) is 11.3 Å². The summed E-state index contributed by atoms with van der Waals surface area (Å²) in [5.74, 6) is -0.280. The Hall–Kier alpha value is -4.50. The lowest BCUT2D eigenvalue weighted by atomic mass is 10.0. The van der Waals surface area contributed by atoms with Crippen LogP contribution in [0.25, 0.3) is 16.8 Å². The molecule has 1 atom stereocenters. The number of anilines is 1. The minimum absolute atomic E-state index is 0. The minimum atomic E-state index is -0.538. The van der Waals surface area contributed by atoms with Gasteiger partial charge in [0.2, 0.25) is 0 Å². The lowest BCUT2D eigenvalue weighted by Crippen LogP contribution is -2.48. The summed E-state index contributed by atoms with van der Waals surface area (Å²) < 4.78 is 7.41. The molecule has 0 aliphatic carbocycles. The van der Waals surface area contributed by atoms with E-state index in [4.69, 9.17) is 4.74 Å². The highest BCUT2D eigenvalue weighted by Crippen LogP contribution is 2.24. The maximum Gasteiger partial charge on any atom is 0.407 e. The van der Waals surface area contributed by atoms with Crippen molar-refractivity contribution in [2.75, 3.05) is 18.4 Å². The summed E-state index contributed by atoms with van der Waals surface area (Å²) in [5.41, 5.74) is 5.27. The van der Waals surface area contributed by atoms with Crippen LogP contribution in [0.5, 0.6) is 0 Å². The second kappa shape index (κ2) is 12.6. The number of benzene rings is 2. The number of piperidine rings is 1. The Balaban J connectivity index is 0.00000264. The van der Waals surface area contributed by atoms with Gasteiger partial charge in [0.25, 0.3) is 5.91 Å². The van der Waals surface area contributed by atoms with Crippen molar-refractivity contribution in [2.45, 2.75) is 58.7 Å². The fourth-order valence-electron chi connectivity index (χ4n) is 5.16. The zero-order valence-corrected chi connectivity index (χ0v) is 24.6. The van der Waals surface area contributed by atoms with Crippen molar-refractivity contribution >= 4 is 17.7 Å². The van der Waals surface area contributed by atoms with Gasteiger partial charge in [-0.05, 0) is 94.1 Å². The van der Waals surface area contributed by atoms with Crippen molar-refractivity contribution < 1.29 is 17.2 Å². The number of aromatic nitrogens is 3. The number of hydrogen-bond acceptors (Lipinski definition) is 6. The highest BCUT2D eigenvalue weighted by atomic mass is 16.6. The van der Waals surface area contributed by atoms with E-state index in [-0.39, 0.29) is 20.9 Å². The topological polar surface area (TPSA) is 101 Å². The molecule has 0 bridgehead atoms. The van der Waals surface area contributed by atoms with Gasteiger partial charge in [-0.3, -0.25) is 14.7 Å². The Morgan fingerprint density at radius 3 is 2.60 bits per heavy atom. The van der Waals surface area contributed by atoms with Crippen LogP contribution in [0, 0.1) is 6.92 Å². The van der Waals surface area contributed by atoms with Crippen LogP contribution in [0.3, 0.4) is 0 Å². The number of pyridine rings is 1. The Labute approximate surface area is 249 Å². The summed E-state index contributed by atoms with van der Waals surface area (Å²) in [7, 11) is 0. The van der Waals surface area contributed by atoms with Gasteiger partial charge in [-0.2, -0.15) is 0 Å². The van der Waals surface area contributed by atoms with Crippen molar-refractivity contribution in [1.82, 2.24) is 24.8 Å². The predicted octanol–water partition coefficient (Wildman–Crippen LogP) is 6.48. The molecule has 2 N–H and O–H groups in total. The summed E-state index contributed by atoms with van der Waals surface area (Å²) in [6.07, 6.45) is 6.87. The SMILES string of the molecule is Cc1cn(-c2cc(CN3CCC[C@H](NC(=O)OC(C)(C)C)C3)cc(NC(=O)c3cc(-c4ccccc4)ccn3)c2)cn1.[HH].[HH]. The first-order valence-electron chi connectivity index (χ1n) is 14.3. The number of carbonyl (C=O) groups excluding carboxylic acids is 2. The lowest BCUT2D eigenvalue weighted by Gasteiger charge is -2.33. The summed E-state index contributed by atoms with van der Waals surface area (Å²) in [6.45, 7) is 9.83. The van der Waals surface area contributed by atoms with E-state index in [1.165, 1.54) is 0 Å². The Morgan fingerprint density at radius 2 is 1.86 bits per heavy atom. The standard InChI is InChI=1S/C33H38N6O3.2H2/c1-23-19-39(22-35-23)29-16-24(20-38-14-8-11-27(21-38)37-32(41)42-33(2,3)4)15-28(18-29)36-31(40)30-17-26(12-13-34-30)25-9-6-5-7-10-25;;/h5-7,9-10,12-13,15-19,22,27H,8,11,14,20-21H2,1-4H3,(H,36,40)(H,37,41);2*1H/t27-;;/m0../s1. The van der Waals surface area contributed by atoms with Crippen molar-refractivity contribution in [3.63, 3.8) is 0 Å². The van der Waals surface area contributed by atoms with Gasteiger partial charge in [-0.1, -0.05) is 30.3 Å². The highest BCUT2D eigenvalue weighted by molar-refractivity contribution is 6.03. The fourth-order valence-corrected chi connectivity index (χ4v) is 5.16. The second-order valence-electron chi connectivity index (χ2n) is 11.8. The van der Waals surface area contributed by atoms with E-state index in [0.717, 1.165) is 47.5 Å². The number of amides is 2. The molecule has 2 aromatic heterocycles. The molecule has 42 heavy (non-hydrogen) atoms. The van der Waals surface area contributed by atoms with Gasteiger partial charge >= 0.3 is 6.09 Å². The van der Waals surface area contributed by atoms with Crippen molar-refractivity contribution in [3.05, 3.63) is 96.3 Å². The average Bonchev–Trinajstić information content (AvgIpc) is 3.39. The molecule has 1 fully saturated rings. The molecule has 0 saturated carbocycles. The van der Waals surface area contributed by atoms with Crippen LogP contribution in [0.2, 0.25) is 0 Å². The second-order valence-corrected chi connectivity index (χ2v) is 11.8. The number of hydrogen-bond donors (Lipinski definition) is 2. The first kappa shape index (κ1) is 29.0. The molecular weight excluding hydrogens is 528 g/mol. The zero-order chi connectivity index (χ0) is 29.7. The molecule has 3 heterocycles. The molecule has 1 aliphatic heterocycles. The molecular formula is C33H42N6O3. The van der Waals surface area contributed by atoms with E-state index in [2.05, 4.69) is 31.6 Å². The van der Waals surface area contributed by atoms with E-state index in [1.54, 1.807) is 18.6 Å². The Kier molecular flexibility index (Phi) is 8.68. The predicted molar refractivity (Wildman–Crippen MR) is 168 cm³/mol. The van der Waals surface area contributed by atoms with Gasteiger partial charge in [0.05, 0.1) is 12.0 Å². The number of alkyl carbamates (subject to hydrolysis) is 1. The largest absolute Gasteiger partial charge is 0.444 e. The molecule has 1 aliphatic rings. The number of carbonyl (C=O) groups is 2. The van der Waals surface area contributed by atoms with E-state index in [1.807, 2.05) is 87.0 Å². The molecule has 9 heteroatoms. The van der Waals surface area contributed by atoms with Crippen molar-refractivity contribution in [3.8, 4) is 16.8 Å². The average molecular weight is 571 g/mol. The number of rotatable bonds is 7. The maximum absolute atomic E-state index is 13.3. The van der Waals surface area contributed by atoms with Gasteiger partial charge in [-0.15, -0.1) is 0 Å². The smallest absolute Gasteiger partial charge is 0.407 e. The van der Waals surface area contributed by atoms with E-state index < -0.39 is 5.60 Å². The molecule has 2 aromatic carbocycles. The molecule has 5 rings (SSSR count). The van der Waals surface area contributed by atoms with Crippen LogP contribution in [0.15, 0.2) is 79.4 Å². The normalized spacial score (nSPS) is 15.7. The van der Waals surface area contributed by atoms with Crippen LogP contribution in [-0.4, -0.2) is 56.2 Å². The number of imidazole rings is 1. The van der Waals surface area contributed by atoms with E-state index in [9.17, 15) is 9.59 Å². The van der Waals surface area contributed by atoms with Crippen molar-refractivity contribution in [2.24, 2.45) is 0 Å². The molecule has 0 radical (unpaired) electrons. The van der Waals surface area contributed by atoms with Crippen LogP contribution >= 0.6 is 0 Å². The number of nitrogens with one attached hydrogen (secondary N) is 2. The zero-order valence-electron chi connectivity index (χ0n) is 24.6. The van der Waals surface area contributed by atoms with Gasteiger partial charge in [0, 0.05) is 45.8 Å². The molecule has 0 spiro atoms. The quantitative estimate of drug-likeness (QED) is 0.264.